The van der Waals surface area contributed by atoms with Gasteiger partial charge in [0.05, 0.1) is 29.8 Å². The molecule has 1 aromatic rings. The third kappa shape index (κ3) is 3.39. The van der Waals surface area contributed by atoms with Crippen LogP contribution in [0, 0.1) is 5.82 Å². The lowest BCUT2D eigenvalue weighted by atomic mass is 10.3. The molecule has 6 nitrogen and oxygen atoms in total. The van der Waals surface area contributed by atoms with Crippen LogP contribution in [0.15, 0.2) is 21.5 Å². The zero-order chi connectivity index (χ0) is 13.9. The molecule has 0 aliphatic carbocycles. The van der Waals surface area contributed by atoms with Crippen LogP contribution < -0.4 is 10.5 Å². The molecule has 0 spiro atoms. The van der Waals surface area contributed by atoms with Gasteiger partial charge >= 0.3 is 0 Å². The maximum Gasteiger partial charge on any atom is 0.242 e. The molecule has 0 amide bonds. The minimum Gasteiger partial charge on any atom is -0.396 e. The molecule has 0 radical (unpaired) electrons. The fraction of sp³-hybridized carbons (Fsp3) is 0.333. The molecule has 102 valence electrons. The molecule has 0 saturated carbocycles. The average Bonchev–Trinajstić information content (AvgIpc) is 2.30. The molecule has 9 heteroatoms. The summed E-state index contributed by atoms with van der Waals surface area (Å²) in [6, 6.07) is 0.845. The van der Waals surface area contributed by atoms with Crippen molar-refractivity contribution in [3.05, 3.63) is 22.4 Å². The highest BCUT2D eigenvalue weighted by atomic mass is 79.9. The van der Waals surface area contributed by atoms with Crippen molar-refractivity contribution < 1.29 is 23.0 Å². The highest BCUT2D eigenvalue weighted by molar-refractivity contribution is 9.10. The van der Waals surface area contributed by atoms with Crippen molar-refractivity contribution in [2.24, 2.45) is 0 Å². The molecule has 0 saturated heterocycles. The molecular formula is C9H12BrFN2O4S. The Bertz CT molecular complexity index is 534. The van der Waals surface area contributed by atoms with Gasteiger partial charge in [0.2, 0.25) is 10.0 Å². The van der Waals surface area contributed by atoms with E-state index in [1.54, 1.807) is 0 Å². The molecule has 0 aliphatic rings. The van der Waals surface area contributed by atoms with Gasteiger partial charge in [-0.3, -0.25) is 0 Å². The fourth-order valence-corrected chi connectivity index (χ4v) is 3.43. The summed E-state index contributed by atoms with van der Waals surface area (Å²) >= 11 is 2.91. The number of halogens is 2. The monoisotopic (exact) mass is 342 g/mol. The van der Waals surface area contributed by atoms with Gasteiger partial charge in [-0.1, -0.05) is 0 Å². The van der Waals surface area contributed by atoms with Crippen LogP contribution in [0.1, 0.15) is 0 Å². The zero-order valence-electron chi connectivity index (χ0n) is 9.10. The smallest absolute Gasteiger partial charge is 0.242 e. The van der Waals surface area contributed by atoms with Crippen LogP contribution in [-0.4, -0.2) is 37.9 Å². The van der Waals surface area contributed by atoms with Gasteiger partial charge < -0.3 is 15.9 Å². The van der Waals surface area contributed by atoms with Gasteiger partial charge in [0.15, 0.2) is 0 Å². The highest BCUT2D eigenvalue weighted by Crippen LogP contribution is 2.26. The third-order valence-electron chi connectivity index (χ3n) is 2.10. The van der Waals surface area contributed by atoms with Crippen LogP contribution in [0.25, 0.3) is 0 Å². The van der Waals surface area contributed by atoms with Crippen LogP contribution in [0.4, 0.5) is 10.1 Å². The number of nitrogens with one attached hydrogen (secondary N) is 1. The lowest BCUT2D eigenvalue weighted by Gasteiger charge is -2.15. The van der Waals surface area contributed by atoms with Gasteiger partial charge in [-0.05, 0) is 28.1 Å². The number of benzene rings is 1. The van der Waals surface area contributed by atoms with Crippen LogP contribution in [0.5, 0.6) is 0 Å². The molecule has 0 aliphatic heterocycles. The lowest BCUT2D eigenvalue weighted by Crippen LogP contribution is -2.40. The largest absolute Gasteiger partial charge is 0.396 e. The predicted molar refractivity (Wildman–Crippen MR) is 66.8 cm³/mol. The Hall–Kier alpha value is -0.740. The second-order valence-electron chi connectivity index (χ2n) is 3.49. The Kier molecular flexibility index (Phi) is 5.05. The van der Waals surface area contributed by atoms with Crippen molar-refractivity contribution in [2.75, 3.05) is 18.9 Å². The number of sulfonamides is 1. The number of nitrogen functional groups attached to an aromatic ring is 1. The summed E-state index contributed by atoms with van der Waals surface area (Å²) in [5.74, 6) is -0.748. The maximum atomic E-state index is 13.1. The van der Waals surface area contributed by atoms with Gasteiger partial charge in [-0.2, -0.15) is 0 Å². The van der Waals surface area contributed by atoms with Crippen molar-refractivity contribution >= 4 is 31.6 Å². The standard InChI is InChI=1S/C9H12BrFN2O4S/c10-6-1-7(11)8(12)2-9(6)18(16,17)13-5(3-14)4-15/h1-2,5,13-15H,3-4,12H2. The summed E-state index contributed by atoms with van der Waals surface area (Å²) in [7, 11) is -4.02. The summed E-state index contributed by atoms with van der Waals surface area (Å²) < 4.78 is 39.0. The van der Waals surface area contributed by atoms with E-state index in [1.165, 1.54) is 0 Å². The zero-order valence-corrected chi connectivity index (χ0v) is 11.5. The SMILES string of the molecule is Nc1cc(S(=O)(=O)NC(CO)CO)c(Br)cc1F. The number of hydrogen-bond donors (Lipinski definition) is 4. The normalized spacial score (nSPS) is 12.1. The first-order valence-corrected chi connectivity index (χ1v) is 7.08. The van der Waals surface area contributed by atoms with E-state index in [4.69, 9.17) is 15.9 Å². The molecule has 18 heavy (non-hydrogen) atoms. The first-order chi connectivity index (χ1) is 8.31. The minimum atomic E-state index is -4.02. The van der Waals surface area contributed by atoms with Crippen molar-refractivity contribution in [1.29, 1.82) is 0 Å². The number of nitrogens with two attached hydrogens (primary N) is 1. The molecule has 1 rings (SSSR count). The van der Waals surface area contributed by atoms with Gasteiger partial charge in [0, 0.05) is 4.47 Å². The van der Waals surface area contributed by atoms with Gasteiger partial charge in [0.25, 0.3) is 0 Å². The predicted octanol–water partition coefficient (Wildman–Crippen LogP) is -0.198. The summed E-state index contributed by atoms with van der Waals surface area (Å²) in [6.07, 6.45) is 0. The number of rotatable bonds is 5. The molecule has 0 unspecified atom stereocenters. The Morgan fingerprint density at radius 1 is 1.39 bits per heavy atom. The Morgan fingerprint density at radius 2 is 1.94 bits per heavy atom. The van der Waals surface area contributed by atoms with Crippen LogP contribution in [0.3, 0.4) is 0 Å². The topological polar surface area (TPSA) is 113 Å². The van der Waals surface area contributed by atoms with E-state index >= 15 is 0 Å². The molecule has 0 fully saturated rings. The van der Waals surface area contributed by atoms with Crippen LogP contribution >= 0.6 is 15.9 Å². The van der Waals surface area contributed by atoms with Gasteiger partial charge in [-0.25, -0.2) is 17.5 Å². The lowest BCUT2D eigenvalue weighted by molar-refractivity contribution is 0.185. The first-order valence-electron chi connectivity index (χ1n) is 4.80. The van der Waals surface area contributed by atoms with E-state index in [9.17, 15) is 12.8 Å². The quantitative estimate of drug-likeness (QED) is 0.553. The Balaban J connectivity index is 3.16. The molecule has 0 bridgehead atoms. The van der Waals surface area contributed by atoms with E-state index < -0.39 is 35.1 Å². The molecule has 0 heterocycles. The van der Waals surface area contributed by atoms with Crippen molar-refractivity contribution in [3.8, 4) is 0 Å². The van der Waals surface area contributed by atoms with E-state index in [2.05, 4.69) is 20.7 Å². The molecule has 1 aromatic carbocycles. The fourth-order valence-electron chi connectivity index (χ4n) is 1.17. The summed E-state index contributed by atoms with van der Waals surface area (Å²) in [5, 5.41) is 17.6. The number of aliphatic hydroxyl groups excluding tert-OH is 2. The van der Waals surface area contributed by atoms with Crippen molar-refractivity contribution in [3.63, 3.8) is 0 Å². The molecule has 0 aromatic heterocycles. The van der Waals surface area contributed by atoms with E-state index in [0.717, 1.165) is 12.1 Å². The summed E-state index contributed by atoms with van der Waals surface area (Å²) in [6.45, 7) is -1.13. The minimum absolute atomic E-state index is 0.00340. The van der Waals surface area contributed by atoms with Gasteiger partial charge in [0.1, 0.15) is 5.82 Å². The summed E-state index contributed by atoms with van der Waals surface area (Å²) in [4.78, 5) is -0.270. The Labute approximate surface area is 112 Å². The van der Waals surface area contributed by atoms with E-state index in [1.807, 2.05) is 0 Å². The molecule has 5 N–H and O–H groups in total. The average molecular weight is 343 g/mol. The Morgan fingerprint density at radius 3 is 2.44 bits per heavy atom. The van der Waals surface area contributed by atoms with Crippen molar-refractivity contribution in [1.82, 2.24) is 4.72 Å². The van der Waals surface area contributed by atoms with Crippen molar-refractivity contribution in [2.45, 2.75) is 10.9 Å². The first kappa shape index (κ1) is 15.3. The van der Waals surface area contributed by atoms with Crippen LogP contribution in [0.2, 0.25) is 0 Å². The number of hydrogen-bond acceptors (Lipinski definition) is 5. The second kappa shape index (κ2) is 5.93. The molecular weight excluding hydrogens is 331 g/mol. The van der Waals surface area contributed by atoms with E-state index in [-0.39, 0.29) is 15.1 Å². The van der Waals surface area contributed by atoms with Gasteiger partial charge in [-0.15, -0.1) is 0 Å². The third-order valence-corrected chi connectivity index (χ3v) is 4.58. The van der Waals surface area contributed by atoms with Crippen LogP contribution in [-0.2, 0) is 10.0 Å². The highest BCUT2D eigenvalue weighted by Gasteiger charge is 2.23. The number of aliphatic hydroxyl groups is 2. The summed E-state index contributed by atoms with van der Waals surface area (Å²) in [5.41, 5.74) is 4.98. The maximum absolute atomic E-state index is 13.1. The second-order valence-corrected chi connectivity index (χ2v) is 6.02. The number of anilines is 1. The van der Waals surface area contributed by atoms with E-state index in [0.29, 0.717) is 0 Å². The molecule has 0 atom stereocenters.